The average molecular weight is 554 g/mol. The number of carbonyl (C=O) groups is 2. The summed E-state index contributed by atoms with van der Waals surface area (Å²) in [4.78, 5) is 28.8. The molecule has 2 aliphatic heterocycles. The summed E-state index contributed by atoms with van der Waals surface area (Å²) in [6, 6.07) is 14.7. The van der Waals surface area contributed by atoms with Crippen molar-refractivity contribution in [2.24, 2.45) is 5.73 Å². The molecule has 1 amide bonds. The lowest BCUT2D eigenvalue weighted by Gasteiger charge is -2.48. The maximum atomic E-state index is 13.1. The second-order valence-electron chi connectivity index (χ2n) is 6.66. The van der Waals surface area contributed by atoms with Crippen molar-refractivity contribution in [1.29, 1.82) is 0 Å². The van der Waals surface area contributed by atoms with E-state index in [0.717, 1.165) is 24.7 Å². The Morgan fingerprint density at radius 1 is 1.27 bits per heavy atom. The summed E-state index contributed by atoms with van der Waals surface area (Å²) in [5.74, 6) is 0.579. The highest BCUT2D eigenvalue weighted by molar-refractivity contribution is 14.1. The van der Waals surface area contributed by atoms with Crippen LogP contribution < -0.4 is 10.5 Å². The van der Waals surface area contributed by atoms with Gasteiger partial charge in [-0.1, -0.05) is 36.0 Å². The smallest absolute Gasteiger partial charge is 0.356 e. The molecule has 6 nitrogen and oxygen atoms in total. The van der Waals surface area contributed by atoms with E-state index in [1.807, 2.05) is 48.5 Å². The summed E-state index contributed by atoms with van der Waals surface area (Å²) in [5, 5.41) is -0.222. The zero-order valence-electron chi connectivity index (χ0n) is 16.0. The highest BCUT2D eigenvalue weighted by atomic mass is 127. The van der Waals surface area contributed by atoms with Crippen molar-refractivity contribution in [2.75, 3.05) is 12.9 Å². The van der Waals surface area contributed by atoms with Crippen LogP contribution in [0.1, 0.15) is 5.56 Å². The van der Waals surface area contributed by atoms with E-state index in [1.165, 1.54) is 16.7 Å². The molecular weight excluding hydrogens is 535 g/mol. The van der Waals surface area contributed by atoms with Gasteiger partial charge in [0.25, 0.3) is 0 Å². The Morgan fingerprint density at radius 2 is 2.00 bits per heavy atom. The number of fused-ring (bicyclic) bond motifs is 1. The van der Waals surface area contributed by atoms with Gasteiger partial charge in [0.2, 0.25) is 5.91 Å². The summed E-state index contributed by atoms with van der Waals surface area (Å²) in [6.45, 7) is 0.110. The molecule has 2 aromatic rings. The van der Waals surface area contributed by atoms with E-state index in [4.69, 9.17) is 15.2 Å². The first-order valence-corrected chi connectivity index (χ1v) is 12.1. The third kappa shape index (κ3) is 4.20. The molecule has 4 rings (SSSR count). The zero-order valence-corrected chi connectivity index (χ0v) is 19.8. The Hall–Kier alpha value is -1.69. The molecule has 0 aliphatic carbocycles. The molecule has 30 heavy (non-hydrogen) atoms. The minimum Gasteiger partial charge on any atom is -0.497 e. The molecule has 2 aromatic carbocycles. The van der Waals surface area contributed by atoms with E-state index < -0.39 is 12.0 Å². The van der Waals surface area contributed by atoms with E-state index in [0.29, 0.717) is 11.4 Å². The van der Waals surface area contributed by atoms with Gasteiger partial charge in [-0.2, -0.15) is 0 Å². The number of hydrogen-bond acceptors (Lipinski definition) is 7. The molecule has 9 heteroatoms. The van der Waals surface area contributed by atoms with Crippen molar-refractivity contribution in [3.8, 4) is 5.75 Å². The lowest BCUT2D eigenvalue weighted by Crippen LogP contribution is -2.68. The molecule has 1 saturated heterocycles. The molecule has 0 saturated carbocycles. The average Bonchev–Trinajstić information content (AvgIpc) is 2.78. The van der Waals surface area contributed by atoms with Crippen LogP contribution >= 0.6 is 46.1 Å². The Balaban J connectivity index is 1.58. The van der Waals surface area contributed by atoms with Gasteiger partial charge >= 0.3 is 5.97 Å². The van der Waals surface area contributed by atoms with Crippen LogP contribution in [-0.4, -0.2) is 41.1 Å². The Kier molecular flexibility index (Phi) is 6.61. The lowest BCUT2D eigenvalue weighted by molar-refractivity contribution is -0.151. The van der Waals surface area contributed by atoms with E-state index in [2.05, 4.69) is 22.6 Å². The number of benzene rings is 2. The van der Waals surface area contributed by atoms with Gasteiger partial charge in [0.1, 0.15) is 29.5 Å². The van der Waals surface area contributed by atoms with Crippen LogP contribution in [0.5, 0.6) is 5.75 Å². The van der Waals surface area contributed by atoms with Gasteiger partial charge in [-0.15, -0.1) is 11.8 Å². The number of esters is 1. The monoisotopic (exact) mass is 554 g/mol. The molecule has 0 unspecified atom stereocenters. The van der Waals surface area contributed by atoms with Crippen LogP contribution in [0.3, 0.4) is 0 Å². The van der Waals surface area contributed by atoms with Crippen molar-refractivity contribution in [3.05, 3.63) is 68.3 Å². The highest BCUT2D eigenvalue weighted by Gasteiger charge is 2.52. The van der Waals surface area contributed by atoms with E-state index >= 15 is 0 Å². The van der Waals surface area contributed by atoms with E-state index in [-0.39, 0.29) is 17.9 Å². The summed E-state index contributed by atoms with van der Waals surface area (Å²) >= 11 is 5.34. The first-order valence-electron chi connectivity index (χ1n) is 9.15. The minimum atomic E-state index is -0.581. The van der Waals surface area contributed by atoms with Crippen molar-refractivity contribution >= 4 is 58.0 Å². The maximum Gasteiger partial charge on any atom is 0.356 e. The number of nitrogens with zero attached hydrogens (tertiary/aromatic N) is 1. The van der Waals surface area contributed by atoms with Gasteiger partial charge in [0, 0.05) is 19.1 Å². The first-order chi connectivity index (χ1) is 14.5. The van der Waals surface area contributed by atoms with Gasteiger partial charge in [-0.25, -0.2) is 4.79 Å². The number of methoxy groups -OCH3 is 1. The van der Waals surface area contributed by atoms with Crippen LogP contribution in [0.25, 0.3) is 0 Å². The number of thioether (sulfide) groups is 2. The number of β-lactam (4-membered cyclic amide) rings is 1. The van der Waals surface area contributed by atoms with Crippen molar-refractivity contribution in [1.82, 2.24) is 4.90 Å². The summed E-state index contributed by atoms with van der Waals surface area (Å²) in [5.41, 5.74) is 7.09. The molecule has 2 heterocycles. The lowest BCUT2D eigenvalue weighted by atomic mass is 10.1. The van der Waals surface area contributed by atoms with E-state index in [9.17, 15) is 9.59 Å². The van der Waals surface area contributed by atoms with Crippen molar-refractivity contribution < 1.29 is 19.1 Å². The number of rotatable bonds is 6. The normalized spacial score (nSPS) is 20.5. The molecule has 0 spiro atoms. The fourth-order valence-electron chi connectivity index (χ4n) is 3.16. The highest BCUT2D eigenvalue weighted by Crippen LogP contribution is 2.45. The fraction of sp³-hybridized carbons (Fsp3) is 0.238. The molecule has 2 atom stereocenters. The number of ether oxygens (including phenoxy) is 2. The fourth-order valence-corrected chi connectivity index (χ4v) is 6.31. The second kappa shape index (κ2) is 9.21. The SMILES string of the molecule is COc1ccc(COC(=O)C2=C(Sc3ccccc3I)CS[C@@H]3[C@H](N)C(=O)N23)cc1. The quantitative estimate of drug-likeness (QED) is 0.332. The van der Waals surface area contributed by atoms with Crippen LogP contribution in [0, 0.1) is 3.57 Å². The number of hydrogen-bond donors (Lipinski definition) is 1. The van der Waals surface area contributed by atoms with Gasteiger partial charge < -0.3 is 15.2 Å². The Morgan fingerprint density at radius 3 is 2.70 bits per heavy atom. The van der Waals surface area contributed by atoms with E-state index in [1.54, 1.807) is 18.9 Å². The van der Waals surface area contributed by atoms with Gasteiger partial charge in [-0.05, 0) is 52.4 Å². The number of carbonyl (C=O) groups excluding carboxylic acids is 2. The van der Waals surface area contributed by atoms with Gasteiger partial charge in [0.05, 0.1) is 7.11 Å². The topological polar surface area (TPSA) is 81.9 Å². The summed E-state index contributed by atoms with van der Waals surface area (Å²) in [6.07, 6.45) is 0. The second-order valence-corrected chi connectivity index (χ2v) is 10.1. The predicted molar refractivity (Wildman–Crippen MR) is 126 cm³/mol. The molecule has 1 fully saturated rings. The summed E-state index contributed by atoms with van der Waals surface area (Å²) in [7, 11) is 1.60. The third-order valence-corrected chi connectivity index (χ3v) is 8.72. The predicted octanol–water partition coefficient (Wildman–Crippen LogP) is 3.59. The number of amides is 1. The first kappa shape index (κ1) is 21.5. The van der Waals surface area contributed by atoms with Crippen LogP contribution in [0.2, 0.25) is 0 Å². The minimum absolute atomic E-state index is 0.110. The van der Waals surface area contributed by atoms with Gasteiger partial charge in [-0.3, -0.25) is 9.69 Å². The number of nitrogens with two attached hydrogens (primary N) is 1. The molecule has 0 bridgehead atoms. The number of halogens is 1. The molecular formula is C21H19IN2O4S2. The largest absolute Gasteiger partial charge is 0.497 e. The van der Waals surface area contributed by atoms with Crippen LogP contribution in [0.4, 0.5) is 0 Å². The zero-order chi connectivity index (χ0) is 21.3. The van der Waals surface area contributed by atoms with Crippen LogP contribution in [0.15, 0.2) is 64.0 Å². The van der Waals surface area contributed by atoms with Crippen molar-refractivity contribution in [2.45, 2.75) is 22.9 Å². The van der Waals surface area contributed by atoms with Crippen molar-refractivity contribution in [3.63, 3.8) is 0 Å². The Labute approximate surface area is 196 Å². The molecule has 0 aromatic heterocycles. The molecule has 2 aliphatic rings. The molecule has 0 radical (unpaired) electrons. The maximum absolute atomic E-state index is 13.1. The Bertz CT molecular complexity index is 1010. The standard InChI is InChI=1S/C21H19IN2O4S2/c1-27-13-8-6-12(7-9-13)10-28-21(26)18-16(30-15-5-3-2-4-14(15)22)11-29-20-17(23)19(25)24(18)20/h2-9,17,20H,10-11,23H2,1H3/t17-,20-/m1/s1. The third-order valence-electron chi connectivity index (χ3n) is 4.77. The summed E-state index contributed by atoms with van der Waals surface area (Å²) < 4.78 is 11.8. The van der Waals surface area contributed by atoms with Crippen LogP contribution in [-0.2, 0) is 20.9 Å². The van der Waals surface area contributed by atoms with Gasteiger partial charge in [0.15, 0.2) is 0 Å². The molecule has 2 N–H and O–H groups in total. The molecule has 156 valence electrons.